The molecule has 98 valence electrons. The number of hydrogen-bond acceptors (Lipinski definition) is 3. The molecule has 18 heavy (non-hydrogen) atoms. The Morgan fingerprint density at radius 1 is 0.889 bits per heavy atom. The van der Waals surface area contributed by atoms with Gasteiger partial charge in [0.1, 0.15) is 0 Å². The minimum atomic E-state index is -0.340. The van der Waals surface area contributed by atoms with Gasteiger partial charge in [-0.15, -0.1) is 0 Å². The van der Waals surface area contributed by atoms with Crippen LogP contribution in [0.2, 0.25) is 0 Å². The van der Waals surface area contributed by atoms with Crippen LogP contribution in [-0.4, -0.2) is 17.9 Å². The first kappa shape index (κ1) is 16.2. The predicted octanol–water partition coefficient (Wildman–Crippen LogP) is 2.96. The molecule has 0 aromatic heterocycles. The number of carbonyl (C=O) groups is 3. The van der Waals surface area contributed by atoms with Gasteiger partial charge in [0.25, 0.3) is 0 Å². The highest BCUT2D eigenvalue weighted by Crippen LogP contribution is 2.11. The van der Waals surface area contributed by atoms with E-state index in [0.717, 1.165) is 11.1 Å². The van der Waals surface area contributed by atoms with Crippen LogP contribution in [0.25, 0.3) is 0 Å². The highest BCUT2D eigenvalue weighted by Gasteiger charge is 2.11. The molecule has 0 rings (SSSR count). The summed E-state index contributed by atoms with van der Waals surface area (Å²) in [5.41, 5.74) is 2.31. The smallest absolute Gasteiger partial charge is 0.189 e. The van der Waals surface area contributed by atoms with Gasteiger partial charge in [-0.05, 0) is 46.8 Å². The second-order valence-corrected chi connectivity index (χ2v) is 4.76. The summed E-state index contributed by atoms with van der Waals surface area (Å²) in [6.07, 6.45) is 3.53. The largest absolute Gasteiger partial charge is 0.298 e. The number of aldehydes is 1. The molecule has 0 radical (unpaired) electrons. The lowest BCUT2D eigenvalue weighted by molar-refractivity contribution is -0.114. The maximum atomic E-state index is 11.7. The molecule has 0 saturated carbocycles. The standard InChI is InChI=1S/C15H20O3/c1-10(2)6-13(17)8-12(5)14(9-16)15(18)7-11(3)4/h6-7,9H,8H2,1-5H3/b14-12-. The SMILES string of the molecule is CC(C)=CC(=O)C/C(C)=C(/C=O)C(=O)C=C(C)C. The van der Waals surface area contributed by atoms with Crippen molar-refractivity contribution in [3.05, 3.63) is 34.4 Å². The number of carbonyl (C=O) groups excluding carboxylic acids is 3. The minimum Gasteiger partial charge on any atom is -0.298 e. The molecule has 0 aliphatic rings. The van der Waals surface area contributed by atoms with Crippen molar-refractivity contribution in [1.29, 1.82) is 0 Å². The third-order valence-corrected chi connectivity index (χ3v) is 2.15. The van der Waals surface area contributed by atoms with Crippen LogP contribution in [0.4, 0.5) is 0 Å². The fourth-order valence-electron chi connectivity index (χ4n) is 1.44. The summed E-state index contributed by atoms with van der Waals surface area (Å²) in [6.45, 7) is 8.85. The van der Waals surface area contributed by atoms with Gasteiger partial charge in [-0.3, -0.25) is 14.4 Å². The average Bonchev–Trinajstić information content (AvgIpc) is 2.14. The molecular weight excluding hydrogens is 228 g/mol. The molecule has 0 aromatic carbocycles. The molecule has 0 bridgehead atoms. The molecule has 0 aliphatic carbocycles. The topological polar surface area (TPSA) is 51.2 Å². The molecule has 3 nitrogen and oxygen atoms in total. The lowest BCUT2D eigenvalue weighted by Crippen LogP contribution is -2.06. The minimum absolute atomic E-state index is 0.0757. The van der Waals surface area contributed by atoms with E-state index in [9.17, 15) is 14.4 Å². The van der Waals surface area contributed by atoms with Crippen LogP contribution in [-0.2, 0) is 14.4 Å². The van der Waals surface area contributed by atoms with Crippen LogP contribution in [0.1, 0.15) is 41.0 Å². The van der Waals surface area contributed by atoms with E-state index in [1.165, 1.54) is 12.2 Å². The Balaban J connectivity index is 5.12. The van der Waals surface area contributed by atoms with E-state index in [0.29, 0.717) is 11.9 Å². The Bertz CT molecular complexity index is 440. The second-order valence-electron chi connectivity index (χ2n) is 4.76. The number of allylic oxidation sites excluding steroid dienone is 6. The van der Waals surface area contributed by atoms with E-state index in [2.05, 4.69) is 0 Å². The van der Waals surface area contributed by atoms with E-state index in [1.54, 1.807) is 20.8 Å². The molecule has 0 spiro atoms. The van der Waals surface area contributed by atoms with Gasteiger partial charge in [-0.1, -0.05) is 16.7 Å². The summed E-state index contributed by atoms with van der Waals surface area (Å²) < 4.78 is 0. The zero-order valence-electron chi connectivity index (χ0n) is 11.7. The molecule has 0 fully saturated rings. The lowest BCUT2D eigenvalue weighted by Gasteiger charge is -2.02. The van der Waals surface area contributed by atoms with Crippen LogP contribution in [0, 0.1) is 0 Å². The van der Waals surface area contributed by atoms with Gasteiger partial charge >= 0.3 is 0 Å². The highest BCUT2D eigenvalue weighted by atomic mass is 16.1. The fourth-order valence-corrected chi connectivity index (χ4v) is 1.44. The Hall–Kier alpha value is -1.77. The summed E-state index contributed by atoms with van der Waals surface area (Å²) in [5, 5.41) is 0. The zero-order valence-corrected chi connectivity index (χ0v) is 11.7. The summed E-state index contributed by atoms with van der Waals surface area (Å²) in [4.78, 5) is 34.3. The van der Waals surface area contributed by atoms with Gasteiger partial charge < -0.3 is 0 Å². The molecule has 0 amide bonds. The van der Waals surface area contributed by atoms with Gasteiger partial charge in [0.15, 0.2) is 17.9 Å². The van der Waals surface area contributed by atoms with E-state index in [-0.39, 0.29) is 23.6 Å². The van der Waals surface area contributed by atoms with Gasteiger partial charge in [-0.25, -0.2) is 0 Å². The maximum absolute atomic E-state index is 11.7. The van der Waals surface area contributed by atoms with Crippen LogP contribution in [0.3, 0.4) is 0 Å². The van der Waals surface area contributed by atoms with E-state index < -0.39 is 0 Å². The third kappa shape index (κ3) is 6.09. The first-order valence-corrected chi connectivity index (χ1v) is 5.79. The molecule has 3 heteroatoms. The monoisotopic (exact) mass is 248 g/mol. The van der Waals surface area contributed by atoms with Crippen LogP contribution < -0.4 is 0 Å². The van der Waals surface area contributed by atoms with Crippen molar-refractivity contribution in [2.75, 3.05) is 0 Å². The number of rotatable bonds is 6. The van der Waals surface area contributed by atoms with Crippen molar-refractivity contribution in [2.24, 2.45) is 0 Å². The summed E-state index contributed by atoms with van der Waals surface area (Å²) >= 11 is 0. The van der Waals surface area contributed by atoms with Crippen molar-refractivity contribution in [3.63, 3.8) is 0 Å². The van der Waals surface area contributed by atoms with Crippen molar-refractivity contribution in [2.45, 2.75) is 41.0 Å². The summed E-state index contributed by atoms with van der Waals surface area (Å²) in [5.74, 6) is -0.440. The van der Waals surface area contributed by atoms with Crippen LogP contribution >= 0.6 is 0 Å². The molecule has 0 heterocycles. The normalized spacial score (nSPS) is 11.2. The molecule has 0 atom stereocenters. The zero-order chi connectivity index (χ0) is 14.3. The molecule has 0 unspecified atom stereocenters. The Labute approximate surface area is 108 Å². The lowest BCUT2D eigenvalue weighted by atomic mass is 10.00. The molecule has 0 aromatic rings. The Morgan fingerprint density at radius 2 is 1.39 bits per heavy atom. The van der Waals surface area contributed by atoms with E-state index in [4.69, 9.17) is 0 Å². The fraction of sp³-hybridized carbons (Fsp3) is 0.400. The quantitative estimate of drug-likeness (QED) is 0.314. The van der Waals surface area contributed by atoms with Crippen molar-refractivity contribution >= 4 is 17.9 Å². The number of hydrogen-bond donors (Lipinski definition) is 0. The molecule has 0 aliphatic heterocycles. The van der Waals surface area contributed by atoms with Crippen molar-refractivity contribution in [1.82, 2.24) is 0 Å². The molecular formula is C15H20O3. The number of ketones is 2. The van der Waals surface area contributed by atoms with E-state index >= 15 is 0 Å². The van der Waals surface area contributed by atoms with Crippen LogP contribution in [0.5, 0.6) is 0 Å². The molecule has 0 N–H and O–H groups in total. The van der Waals surface area contributed by atoms with Gasteiger partial charge in [0.2, 0.25) is 0 Å². The van der Waals surface area contributed by atoms with E-state index in [1.807, 2.05) is 13.8 Å². The Morgan fingerprint density at radius 3 is 1.78 bits per heavy atom. The van der Waals surface area contributed by atoms with Gasteiger partial charge in [-0.2, -0.15) is 0 Å². The van der Waals surface area contributed by atoms with Crippen molar-refractivity contribution in [3.8, 4) is 0 Å². The van der Waals surface area contributed by atoms with Crippen molar-refractivity contribution < 1.29 is 14.4 Å². The maximum Gasteiger partial charge on any atom is 0.189 e. The van der Waals surface area contributed by atoms with Gasteiger partial charge in [0.05, 0.1) is 5.57 Å². The van der Waals surface area contributed by atoms with Gasteiger partial charge in [0, 0.05) is 6.42 Å². The second kappa shape index (κ2) is 7.54. The Kier molecular flexibility index (Phi) is 6.79. The highest BCUT2D eigenvalue weighted by molar-refractivity contribution is 6.18. The first-order valence-electron chi connectivity index (χ1n) is 5.79. The van der Waals surface area contributed by atoms with Crippen LogP contribution in [0.15, 0.2) is 34.4 Å². The predicted molar refractivity (Wildman–Crippen MR) is 72.3 cm³/mol. The molecule has 0 saturated heterocycles. The first-order chi connectivity index (χ1) is 8.27. The summed E-state index contributed by atoms with van der Waals surface area (Å²) in [6, 6.07) is 0. The average molecular weight is 248 g/mol. The summed E-state index contributed by atoms with van der Waals surface area (Å²) in [7, 11) is 0. The third-order valence-electron chi connectivity index (χ3n) is 2.15.